The fraction of sp³-hybridized carbons (Fsp3) is 0.296. The van der Waals surface area contributed by atoms with Crippen LogP contribution in [-0.2, 0) is 34.0 Å². The first-order chi connectivity index (χ1) is 16.2. The molecule has 1 fully saturated rings. The van der Waals surface area contributed by atoms with Gasteiger partial charge in [0.05, 0.1) is 31.6 Å². The third-order valence-electron chi connectivity index (χ3n) is 5.72. The van der Waals surface area contributed by atoms with Crippen molar-refractivity contribution in [3.8, 4) is 0 Å². The Morgan fingerprint density at radius 2 is 1.06 bits per heavy atom. The van der Waals surface area contributed by atoms with E-state index in [1.165, 1.54) is 0 Å². The fourth-order valence-corrected chi connectivity index (χ4v) is 4.00. The highest BCUT2D eigenvalue weighted by atomic mass is 16.6. The van der Waals surface area contributed by atoms with Gasteiger partial charge < -0.3 is 24.5 Å². The zero-order valence-corrected chi connectivity index (χ0v) is 18.4. The number of ether oxygens (including phenoxy) is 3. The van der Waals surface area contributed by atoms with E-state index in [2.05, 4.69) is 5.16 Å². The molecule has 0 aliphatic heterocycles. The molecule has 2 N–H and O–H groups in total. The first-order valence-corrected chi connectivity index (χ1v) is 11.1. The smallest absolute Gasteiger partial charge is 0.128 e. The van der Waals surface area contributed by atoms with Crippen LogP contribution in [-0.4, -0.2) is 40.4 Å². The molecule has 4 rings (SSSR count). The van der Waals surface area contributed by atoms with Gasteiger partial charge in [0, 0.05) is 6.42 Å². The van der Waals surface area contributed by atoms with Gasteiger partial charge in [0.2, 0.25) is 0 Å². The molecule has 0 spiro atoms. The van der Waals surface area contributed by atoms with Gasteiger partial charge in [-0.3, -0.25) is 0 Å². The van der Waals surface area contributed by atoms with E-state index < -0.39 is 24.4 Å². The van der Waals surface area contributed by atoms with E-state index in [-0.39, 0.29) is 6.42 Å². The molecule has 0 saturated heterocycles. The van der Waals surface area contributed by atoms with Gasteiger partial charge in [0.1, 0.15) is 18.3 Å². The molecule has 1 aliphatic rings. The van der Waals surface area contributed by atoms with Crippen LogP contribution in [0, 0.1) is 0 Å². The number of benzene rings is 3. The normalized spacial score (nSPS) is 24.1. The van der Waals surface area contributed by atoms with Crippen molar-refractivity contribution in [1.29, 1.82) is 0 Å². The molecule has 0 radical (unpaired) electrons. The average molecular weight is 448 g/mol. The number of aliphatic hydroxyl groups excluding tert-OH is 1. The van der Waals surface area contributed by atoms with Gasteiger partial charge in [0.15, 0.2) is 0 Å². The molecule has 3 aromatic rings. The van der Waals surface area contributed by atoms with Crippen LogP contribution < -0.4 is 0 Å². The maximum absolute atomic E-state index is 10.9. The van der Waals surface area contributed by atoms with E-state index in [1.54, 1.807) is 0 Å². The highest BCUT2D eigenvalue weighted by Gasteiger charge is 2.45. The SMILES string of the molecule is O/N=C1\C[C@@H](O)[C@H](OCc2ccccc2)[C@@H](OCc2ccccc2)[C@@H]1OCc1ccccc1. The van der Waals surface area contributed by atoms with Crippen molar-refractivity contribution < 1.29 is 24.5 Å². The van der Waals surface area contributed by atoms with Crippen LogP contribution >= 0.6 is 0 Å². The lowest BCUT2D eigenvalue weighted by Gasteiger charge is -2.40. The van der Waals surface area contributed by atoms with Gasteiger partial charge in [-0.05, 0) is 16.7 Å². The maximum atomic E-state index is 10.9. The average Bonchev–Trinajstić information content (AvgIpc) is 2.87. The van der Waals surface area contributed by atoms with E-state index in [9.17, 15) is 10.3 Å². The Hall–Kier alpha value is -3.03. The number of hydrogen-bond donors (Lipinski definition) is 2. The molecule has 0 bridgehead atoms. The summed E-state index contributed by atoms with van der Waals surface area (Å²) >= 11 is 0. The van der Waals surface area contributed by atoms with Gasteiger partial charge in [-0.25, -0.2) is 0 Å². The summed E-state index contributed by atoms with van der Waals surface area (Å²) < 4.78 is 18.6. The minimum absolute atomic E-state index is 0.139. The summed E-state index contributed by atoms with van der Waals surface area (Å²) in [5.41, 5.74) is 3.32. The molecule has 6 heteroatoms. The van der Waals surface area contributed by atoms with Crippen molar-refractivity contribution >= 4 is 5.71 Å². The summed E-state index contributed by atoms with van der Waals surface area (Å²) in [6.07, 6.45) is -2.73. The van der Waals surface area contributed by atoms with Crippen LogP contribution in [0.15, 0.2) is 96.2 Å². The largest absolute Gasteiger partial charge is 0.411 e. The third-order valence-corrected chi connectivity index (χ3v) is 5.72. The second-order valence-electron chi connectivity index (χ2n) is 8.10. The van der Waals surface area contributed by atoms with Gasteiger partial charge in [-0.1, -0.05) is 96.2 Å². The van der Waals surface area contributed by atoms with Gasteiger partial charge in [-0.15, -0.1) is 0 Å². The lowest BCUT2D eigenvalue weighted by Crippen LogP contribution is -2.57. The lowest BCUT2D eigenvalue weighted by atomic mass is 9.87. The van der Waals surface area contributed by atoms with Gasteiger partial charge >= 0.3 is 0 Å². The summed E-state index contributed by atoms with van der Waals surface area (Å²) in [5, 5.41) is 24.0. The van der Waals surface area contributed by atoms with Crippen LogP contribution in [0.3, 0.4) is 0 Å². The summed E-state index contributed by atoms with van der Waals surface area (Å²) in [5.74, 6) is 0. The summed E-state index contributed by atoms with van der Waals surface area (Å²) in [6.45, 7) is 0.954. The van der Waals surface area contributed by atoms with E-state index in [0.717, 1.165) is 16.7 Å². The molecule has 0 aromatic heterocycles. The minimum atomic E-state index is -0.892. The Balaban J connectivity index is 1.55. The Kier molecular flexibility index (Phi) is 8.22. The second-order valence-corrected chi connectivity index (χ2v) is 8.10. The highest BCUT2D eigenvalue weighted by Crippen LogP contribution is 2.28. The molecule has 33 heavy (non-hydrogen) atoms. The minimum Gasteiger partial charge on any atom is -0.411 e. The van der Waals surface area contributed by atoms with Crippen molar-refractivity contribution in [2.45, 2.75) is 50.7 Å². The van der Waals surface area contributed by atoms with Crippen LogP contribution in [0.2, 0.25) is 0 Å². The molecule has 1 saturated carbocycles. The summed E-state index contributed by atoms with van der Waals surface area (Å²) in [4.78, 5) is 0. The topological polar surface area (TPSA) is 80.5 Å². The Morgan fingerprint density at radius 3 is 1.52 bits per heavy atom. The summed E-state index contributed by atoms with van der Waals surface area (Å²) in [7, 11) is 0. The lowest BCUT2D eigenvalue weighted by molar-refractivity contribution is -0.174. The molecule has 3 aromatic carbocycles. The molecule has 0 heterocycles. The number of oxime groups is 1. The maximum Gasteiger partial charge on any atom is 0.128 e. The molecule has 1 aliphatic carbocycles. The number of hydrogen-bond acceptors (Lipinski definition) is 6. The summed E-state index contributed by atoms with van der Waals surface area (Å²) in [6, 6.07) is 29.3. The fourth-order valence-electron chi connectivity index (χ4n) is 4.00. The monoisotopic (exact) mass is 447 g/mol. The highest BCUT2D eigenvalue weighted by molar-refractivity contribution is 5.90. The second kappa shape index (κ2) is 11.7. The van der Waals surface area contributed by atoms with Crippen molar-refractivity contribution in [3.05, 3.63) is 108 Å². The third kappa shape index (κ3) is 6.27. The molecular formula is C27H29NO5. The Morgan fingerprint density at radius 1 is 0.636 bits per heavy atom. The van der Waals surface area contributed by atoms with Crippen molar-refractivity contribution in [3.63, 3.8) is 0 Å². The number of aliphatic hydroxyl groups is 1. The van der Waals surface area contributed by atoms with Crippen LogP contribution in [0.25, 0.3) is 0 Å². The number of rotatable bonds is 9. The van der Waals surface area contributed by atoms with Crippen LogP contribution in [0.5, 0.6) is 0 Å². The van der Waals surface area contributed by atoms with Crippen LogP contribution in [0.1, 0.15) is 23.1 Å². The zero-order valence-electron chi connectivity index (χ0n) is 18.4. The Bertz CT molecular complexity index is 997. The van der Waals surface area contributed by atoms with Crippen LogP contribution in [0.4, 0.5) is 0 Å². The van der Waals surface area contributed by atoms with Crippen molar-refractivity contribution in [2.75, 3.05) is 0 Å². The predicted octanol–water partition coefficient (Wildman–Crippen LogP) is 4.34. The molecule has 0 amide bonds. The number of nitrogens with zero attached hydrogens (tertiary/aromatic N) is 1. The predicted molar refractivity (Wildman–Crippen MR) is 125 cm³/mol. The van der Waals surface area contributed by atoms with E-state index in [0.29, 0.717) is 25.5 Å². The Labute approximate surface area is 194 Å². The first kappa shape index (κ1) is 23.1. The van der Waals surface area contributed by atoms with E-state index >= 15 is 0 Å². The zero-order chi connectivity index (χ0) is 22.9. The van der Waals surface area contributed by atoms with Gasteiger partial charge in [0.25, 0.3) is 0 Å². The first-order valence-electron chi connectivity index (χ1n) is 11.1. The van der Waals surface area contributed by atoms with E-state index in [4.69, 9.17) is 14.2 Å². The van der Waals surface area contributed by atoms with Gasteiger partial charge in [-0.2, -0.15) is 0 Å². The standard InChI is InChI=1S/C27H29NO5/c29-24-16-23(28-30)25(31-17-20-10-4-1-5-11-20)27(33-19-22-14-8-3-9-15-22)26(24)32-18-21-12-6-2-7-13-21/h1-15,24-27,29-30H,16-19H2/b28-23+/t24-,25-,26+,27+/m1/s1. The molecular weight excluding hydrogens is 418 g/mol. The van der Waals surface area contributed by atoms with Crippen molar-refractivity contribution in [2.24, 2.45) is 5.16 Å². The quantitative estimate of drug-likeness (QED) is 0.377. The van der Waals surface area contributed by atoms with E-state index in [1.807, 2.05) is 91.0 Å². The molecule has 6 nitrogen and oxygen atoms in total. The molecule has 0 unspecified atom stereocenters. The molecule has 172 valence electrons. The van der Waals surface area contributed by atoms with Crippen molar-refractivity contribution in [1.82, 2.24) is 0 Å². The molecule has 4 atom stereocenters.